The highest BCUT2D eigenvalue weighted by molar-refractivity contribution is 7.90. The van der Waals surface area contributed by atoms with Crippen LogP contribution in [-0.2, 0) is 19.6 Å². The Morgan fingerprint density at radius 1 is 1.24 bits per heavy atom. The SMILES string of the molecule is Cc1ccc(S(=O)(=O)NC(N)=NCCCC(NC(=O)OC(C)(C)C)C(=O)O)cc1. The van der Waals surface area contributed by atoms with Crippen LogP contribution in [0.3, 0.4) is 0 Å². The Kier molecular flexibility index (Phi) is 8.43. The van der Waals surface area contributed by atoms with Gasteiger partial charge in [-0.05, 0) is 52.7 Å². The number of sulfonamides is 1. The zero-order chi connectivity index (χ0) is 22.2. The Morgan fingerprint density at radius 3 is 2.34 bits per heavy atom. The summed E-state index contributed by atoms with van der Waals surface area (Å²) >= 11 is 0. The van der Waals surface area contributed by atoms with E-state index >= 15 is 0 Å². The van der Waals surface area contributed by atoms with Crippen LogP contribution in [0.4, 0.5) is 4.79 Å². The topological polar surface area (TPSA) is 160 Å². The molecule has 162 valence electrons. The minimum absolute atomic E-state index is 0.0498. The van der Waals surface area contributed by atoms with Gasteiger partial charge in [-0.3, -0.25) is 4.99 Å². The molecule has 1 atom stereocenters. The van der Waals surface area contributed by atoms with Crippen LogP contribution >= 0.6 is 0 Å². The molecule has 29 heavy (non-hydrogen) atoms. The number of carbonyl (C=O) groups excluding carboxylic acids is 1. The van der Waals surface area contributed by atoms with Crippen molar-refractivity contribution in [2.75, 3.05) is 6.54 Å². The summed E-state index contributed by atoms with van der Waals surface area (Å²) in [7, 11) is -3.85. The van der Waals surface area contributed by atoms with Crippen molar-refractivity contribution in [3.05, 3.63) is 29.8 Å². The van der Waals surface area contributed by atoms with Crippen molar-refractivity contribution in [2.45, 2.75) is 57.1 Å². The molecule has 0 aliphatic heterocycles. The van der Waals surface area contributed by atoms with Crippen molar-refractivity contribution >= 4 is 28.0 Å². The number of amides is 1. The molecule has 1 aromatic rings. The van der Waals surface area contributed by atoms with E-state index in [1.165, 1.54) is 12.1 Å². The van der Waals surface area contributed by atoms with Gasteiger partial charge in [0.25, 0.3) is 10.0 Å². The van der Waals surface area contributed by atoms with Crippen LogP contribution in [0.15, 0.2) is 34.2 Å². The molecule has 0 spiro atoms. The molecule has 0 aliphatic carbocycles. The smallest absolute Gasteiger partial charge is 0.408 e. The van der Waals surface area contributed by atoms with Crippen molar-refractivity contribution in [3.8, 4) is 0 Å². The van der Waals surface area contributed by atoms with E-state index in [0.717, 1.165) is 5.56 Å². The molecule has 1 rings (SSSR count). The Balaban J connectivity index is 2.56. The number of carboxylic acid groups (broad SMARTS) is 1. The molecule has 0 saturated carbocycles. The number of ether oxygens (including phenoxy) is 1. The van der Waals surface area contributed by atoms with E-state index in [9.17, 15) is 23.1 Å². The zero-order valence-corrected chi connectivity index (χ0v) is 17.7. The molecule has 0 fully saturated rings. The molecule has 10 nitrogen and oxygen atoms in total. The lowest BCUT2D eigenvalue weighted by Gasteiger charge is -2.21. The Bertz CT molecular complexity index is 844. The Morgan fingerprint density at radius 2 is 1.83 bits per heavy atom. The van der Waals surface area contributed by atoms with Crippen LogP contribution in [0, 0.1) is 6.92 Å². The quantitative estimate of drug-likeness (QED) is 0.276. The van der Waals surface area contributed by atoms with Crippen LogP contribution in [0.25, 0.3) is 0 Å². The normalized spacial score (nSPS) is 13.4. The number of nitrogens with two attached hydrogens (primary N) is 1. The van der Waals surface area contributed by atoms with Crippen LogP contribution in [0.2, 0.25) is 0 Å². The zero-order valence-electron chi connectivity index (χ0n) is 16.9. The standard InChI is InChI=1S/C18H28N4O6S/c1-12-7-9-13(10-8-12)29(26,27)22-16(19)20-11-5-6-14(15(23)24)21-17(25)28-18(2,3)4/h7-10,14H,5-6,11H2,1-4H3,(H,21,25)(H,23,24)(H3,19,20,22). The first kappa shape index (κ1) is 24.2. The van der Waals surface area contributed by atoms with E-state index < -0.39 is 33.7 Å². The van der Waals surface area contributed by atoms with Crippen molar-refractivity contribution in [1.29, 1.82) is 0 Å². The molecular formula is C18H28N4O6S. The van der Waals surface area contributed by atoms with Crippen LogP contribution in [0.1, 0.15) is 39.2 Å². The summed E-state index contributed by atoms with van der Waals surface area (Å²) < 4.78 is 31.6. The summed E-state index contributed by atoms with van der Waals surface area (Å²) in [5.41, 5.74) is 5.77. The molecule has 0 saturated heterocycles. The first-order valence-corrected chi connectivity index (χ1v) is 10.4. The summed E-state index contributed by atoms with van der Waals surface area (Å²) in [5, 5.41) is 11.5. The summed E-state index contributed by atoms with van der Waals surface area (Å²) in [4.78, 5) is 26.9. The monoisotopic (exact) mass is 428 g/mol. The molecule has 1 unspecified atom stereocenters. The highest BCUT2D eigenvalue weighted by Crippen LogP contribution is 2.10. The molecule has 1 aromatic carbocycles. The Hall–Kier alpha value is -2.82. The van der Waals surface area contributed by atoms with Crippen molar-refractivity contribution < 1.29 is 27.9 Å². The van der Waals surface area contributed by atoms with Gasteiger partial charge in [0.15, 0.2) is 0 Å². The average Bonchev–Trinajstić information content (AvgIpc) is 2.55. The number of aryl methyl sites for hydroxylation is 1. The number of aliphatic imine (C=N–C) groups is 1. The van der Waals surface area contributed by atoms with Gasteiger partial charge in [0.1, 0.15) is 11.6 Å². The second-order valence-electron chi connectivity index (χ2n) is 7.36. The van der Waals surface area contributed by atoms with Gasteiger partial charge in [-0.15, -0.1) is 0 Å². The third-order valence-electron chi connectivity index (χ3n) is 3.49. The van der Waals surface area contributed by atoms with E-state index in [0.29, 0.717) is 0 Å². The van der Waals surface area contributed by atoms with Crippen molar-refractivity contribution in [2.24, 2.45) is 10.7 Å². The number of hydrogen-bond acceptors (Lipinski definition) is 6. The lowest BCUT2D eigenvalue weighted by Crippen LogP contribution is -2.43. The number of guanidine groups is 1. The molecule has 0 radical (unpaired) electrons. The largest absolute Gasteiger partial charge is 0.480 e. The van der Waals surface area contributed by atoms with Gasteiger partial charge >= 0.3 is 12.1 Å². The fourth-order valence-electron chi connectivity index (χ4n) is 2.15. The van der Waals surface area contributed by atoms with Crippen LogP contribution in [0.5, 0.6) is 0 Å². The van der Waals surface area contributed by atoms with Crippen LogP contribution in [-0.4, -0.2) is 49.7 Å². The molecule has 11 heteroatoms. The number of benzene rings is 1. The van der Waals surface area contributed by atoms with Gasteiger partial charge in [0.2, 0.25) is 5.96 Å². The van der Waals surface area contributed by atoms with Crippen molar-refractivity contribution in [1.82, 2.24) is 10.0 Å². The molecule has 0 heterocycles. The molecule has 0 aliphatic rings. The molecule has 0 aromatic heterocycles. The lowest BCUT2D eigenvalue weighted by atomic mass is 10.1. The second-order valence-corrected chi connectivity index (χ2v) is 9.05. The first-order valence-electron chi connectivity index (χ1n) is 8.92. The summed E-state index contributed by atoms with van der Waals surface area (Å²) in [6, 6.07) is 5.05. The van der Waals surface area contributed by atoms with Gasteiger partial charge in [0.05, 0.1) is 4.90 Å². The third kappa shape index (κ3) is 9.28. The number of aliphatic carboxylic acids is 1. The summed E-state index contributed by atoms with van der Waals surface area (Å²) in [6.45, 7) is 6.90. The first-order chi connectivity index (χ1) is 13.3. The van der Waals surface area contributed by atoms with E-state index in [1.807, 2.05) is 6.92 Å². The van der Waals surface area contributed by atoms with Crippen LogP contribution < -0.4 is 15.8 Å². The van der Waals surface area contributed by atoms with E-state index in [2.05, 4.69) is 15.0 Å². The molecule has 0 bridgehead atoms. The Labute approximate surface area is 170 Å². The number of carboxylic acids is 1. The number of nitrogens with zero attached hydrogens (tertiary/aromatic N) is 1. The van der Waals surface area contributed by atoms with Gasteiger partial charge in [0, 0.05) is 6.54 Å². The predicted octanol–water partition coefficient (Wildman–Crippen LogP) is 1.35. The summed E-state index contributed by atoms with van der Waals surface area (Å²) in [6.07, 6.45) is -0.519. The van der Waals surface area contributed by atoms with Crippen molar-refractivity contribution in [3.63, 3.8) is 0 Å². The van der Waals surface area contributed by atoms with Gasteiger partial charge in [-0.25, -0.2) is 22.7 Å². The lowest BCUT2D eigenvalue weighted by molar-refractivity contribution is -0.139. The summed E-state index contributed by atoms with van der Waals surface area (Å²) in [5.74, 6) is -1.52. The van der Waals surface area contributed by atoms with Gasteiger partial charge in [-0.1, -0.05) is 17.7 Å². The van der Waals surface area contributed by atoms with E-state index in [1.54, 1.807) is 32.9 Å². The average molecular weight is 429 g/mol. The number of hydrogen-bond donors (Lipinski definition) is 4. The third-order valence-corrected chi connectivity index (χ3v) is 4.86. The van der Waals surface area contributed by atoms with E-state index in [4.69, 9.17) is 10.5 Å². The fourth-order valence-corrected chi connectivity index (χ4v) is 3.10. The molecule has 5 N–H and O–H groups in total. The molecular weight excluding hydrogens is 400 g/mol. The predicted molar refractivity (Wildman–Crippen MR) is 108 cm³/mol. The van der Waals surface area contributed by atoms with Gasteiger partial charge < -0.3 is 20.9 Å². The molecule has 1 amide bonds. The maximum absolute atomic E-state index is 12.2. The fraction of sp³-hybridized carbons (Fsp3) is 0.500. The number of rotatable bonds is 8. The number of alkyl carbamates (subject to hydrolysis) is 1. The maximum Gasteiger partial charge on any atom is 0.408 e. The minimum Gasteiger partial charge on any atom is -0.480 e. The second kappa shape index (κ2) is 10.1. The highest BCUT2D eigenvalue weighted by Gasteiger charge is 2.23. The number of nitrogens with one attached hydrogen (secondary N) is 2. The minimum atomic E-state index is -3.85. The highest BCUT2D eigenvalue weighted by atomic mass is 32.2. The maximum atomic E-state index is 12.2. The number of carbonyl (C=O) groups is 2. The van der Waals surface area contributed by atoms with E-state index in [-0.39, 0.29) is 30.2 Å². The van der Waals surface area contributed by atoms with Gasteiger partial charge in [-0.2, -0.15) is 0 Å².